The van der Waals surface area contributed by atoms with Crippen LogP contribution in [0, 0.1) is 0 Å². The molecule has 1 unspecified atom stereocenters. The molecule has 0 radical (unpaired) electrons. The molecule has 3 rings (SSSR count). The van der Waals surface area contributed by atoms with Crippen LogP contribution in [0.1, 0.15) is 77.0 Å². The van der Waals surface area contributed by atoms with Crippen LogP contribution in [0.5, 0.6) is 0 Å². The Morgan fingerprint density at radius 3 is 1.76 bits per heavy atom. The average Bonchev–Trinajstić information content (AvgIpc) is 3.37. The lowest BCUT2D eigenvalue weighted by molar-refractivity contribution is 0.0601. The molecule has 0 heterocycles. The summed E-state index contributed by atoms with van der Waals surface area (Å²) in [6.45, 7) is 1.37. The van der Waals surface area contributed by atoms with E-state index in [1.54, 1.807) is 0 Å². The molecule has 3 heteroatoms. The van der Waals surface area contributed by atoms with E-state index in [-0.39, 0.29) is 0 Å². The van der Waals surface area contributed by atoms with Crippen LogP contribution in [0.4, 0.5) is 0 Å². The molecule has 0 amide bonds. The molecule has 0 spiro atoms. The monoisotopic (exact) mass is 294 g/mol. The number of nitrogens with one attached hydrogen (secondary N) is 1. The second-order valence-electron chi connectivity index (χ2n) is 7.60. The van der Waals surface area contributed by atoms with E-state index in [4.69, 9.17) is 0 Å². The van der Waals surface area contributed by atoms with Crippen molar-refractivity contribution in [3.63, 3.8) is 0 Å². The SMILES string of the molecule is OCC(CN(C1CCCCC1)C1CCCCC1)NC1CC1. The Morgan fingerprint density at radius 2 is 1.33 bits per heavy atom. The van der Waals surface area contributed by atoms with Crippen molar-refractivity contribution in [2.45, 2.75) is 101 Å². The van der Waals surface area contributed by atoms with Gasteiger partial charge in [0.2, 0.25) is 0 Å². The number of aliphatic hydroxyl groups is 1. The molecule has 0 bridgehead atoms. The minimum Gasteiger partial charge on any atom is -0.395 e. The largest absolute Gasteiger partial charge is 0.395 e. The highest BCUT2D eigenvalue weighted by Gasteiger charge is 2.32. The molecule has 3 saturated carbocycles. The fourth-order valence-corrected chi connectivity index (χ4v) is 4.42. The van der Waals surface area contributed by atoms with Crippen molar-refractivity contribution in [2.24, 2.45) is 0 Å². The van der Waals surface area contributed by atoms with Crippen LogP contribution in [-0.2, 0) is 0 Å². The molecule has 0 saturated heterocycles. The van der Waals surface area contributed by atoms with Gasteiger partial charge < -0.3 is 10.4 Å². The predicted octanol–water partition coefficient (Wildman–Crippen LogP) is 3.07. The van der Waals surface area contributed by atoms with Gasteiger partial charge in [-0.05, 0) is 38.5 Å². The van der Waals surface area contributed by atoms with Crippen LogP contribution >= 0.6 is 0 Å². The summed E-state index contributed by atoms with van der Waals surface area (Å²) in [6, 6.07) is 2.57. The first-order valence-corrected chi connectivity index (χ1v) is 9.49. The zero-order chi connectivity index (χ0) is 14.5. The van der Waals surface area contributed by atoms with Gasteiger partial charge in [0.05, 0.1) is 6.61 Å². The van der Waals surface area contributed by atoms with Crippen LogP contribution in [0.3, 0.4) is 0 Å². The Labute approximate surface area is 130 Å². The summed E-state index contributed by atoms with van der Waals surface area (Å²) < 4.78 is 0. The van der Waals surface area contributed by atoms with Crippen LogP contribution in [-0.4, -0.2) is 47.3 Å². The highest BCUT2D eigenvalue weighted by atomic mass is 16.3. The predicted molar refractivity (Wildman–Crippen MR) is 87.5 cm³/mol. The van der Waals surface area contributed by atoms with Gasteiger partial charge in [0.25, 0.3) is 0 Å². The maximum Gasteiger partial charge on any atom is 0.0597 e. The number of hydrogen-bond acceptors (Lipinski definition) is 3. The highest BCUT2D eigenvalue weighted by molar-refractivity contribution is 4.90. The summed E-state index contributed by atoms with van der Waals surface area (Å²) in [6.07, 6.45) is 16.7. The lowest BCUT2D eigenvalue weighted by Gasteiger charge is -2.43. The molecule has 3 nitrogen and oxygen atoms in total. The minimum absolute atomic E-state index is 0.293. The van der Waals surface area contributed by atoms with Gasteiger partial charge in [-0.3, -0.25) is 4.90 Å². The Balaban J connectivity index is 1.61. The first kappa shape index (κ1) is 15.8. The number of rotatable bonds is 7. The summed E-state index contributed by atoms with van der Waals surface area (Å²) in [5, 5.41) is 13.4. The van der Waals surface area contributed by atoms with Crippen molar-refractivity contribution in [1.29, 1.82) is 0 Å². The topological polar surface area (TPSA) is 35.5 Å². The van der Waals surface area contributed by atoms with E-state index >= 15 is 0 Å². The fourth-order valence-electron chi connectivity index (χ4n) is 4.42. The Hall–Kier alpha value is -0.120. The highest BCUT2D eigenvalue weighted by Crippen LogP contribution is 2.30. The van der Waals surface area contributed by atoms with Gasteiger partial charge in [-0.2, -0.15) is 0 Å². The zero-order valence-electron chi connectivity index (χ0n) is 13.6. The van der Waals surface area contributed by atoms with Gasteiger partial charge in [-0.15, -0.1) is 0 Å². The third kappa shape index (κ3) is 4.67. The second kappa shape index (κ2) is 7.94. The van der Waals surface area contributed by atoms with Gasteiger partial charge >= 0.3 is 0 Å². The van der Waals surface area contributed by atoms with E-state index < -0.39 is 0 Å². The summed E-state index contributed by atoms with van der Waals surface area (Å²) in [4.78, 5) is 2.81. The summed E-state index contributed by atoms with van der Waals surface area (Å²) in [5.41, 5.74) is 0. The molecule has 3 aliphatic rings. The van der Waals surface area contributed by atoms with Gasteiger partial charge in [-0.25, -0.2) is 0 Å². The molecule has 0 aromatic rings. The summed E-state index contributed by atoms with van der Waals surface area (Å²) in [7, 11) is 0. The first-order valence-electron chi connectivity index (χ1n) is 9.49. The zero-order valence-corrected chi connectivity index (χ0v) is 13.6. The summed E-state index contributed by atoms with van der Waals surface area (Å²) >= 11 is 0. The Bertz CT molecular complexity index is 276. The molecule has 3 aliphatic carbocycles. The Morgan fingerprint density at radius 1 is 0.810 bits per heavy atom. The van der Waals surface area contributed by atoms with E-state index in [0.717, 1.165) is 18.6 Å². The quantitative estimate of drug-likeness (QED) is 0.757. The molecular weight excluding hydrogens is 260 g/mol. The molecule has 1 atom stereocenters. The maximum absolute atomic E-state index is 9.76. The normalized spacial score (nSPS) is 27.1. The lowest BCUT2D eigenvalue weighted by atomic mass is 9.88. The van der Waals surface area contributed by atoms with E-state index in [1.807, 2.05) is 0 Å². The van der Waals surface area contributed by atoms with E-state index in [1.165, 1.54) is 77.0 Å². The smallest absolute Gasteiger partial charge is 0.0597 e. The number of nitrogens with zero attached hydrogens (tertiary/aromatic N) is 1. The van der Waals surface area contributed by atoms with Crippen molar-refractivity contribution in [2.75, 3.05) is 13.2 Å². The third-order valence-corrected chi connectivity index (χ3v) is 5.79. The molecule has 21 heavy (non-hydrogen) atoms. The fraction of sp³-hybridized carbons (Fsp3) is 1.00. The van der Waals surface area contributed by atoms with E-state index in [0.29, 0.717) is 18.7 Å². The first-order chi connectivity index (χ1) is 10.4. The summed E-state index contributed by atoms with van der Waals surface area (Å²) in [5.74, 6) is 0. The van der Waals surface area contributed by atoms with Gasteiger partial charge in [0.15, 0.2) is 0 Å². The molecule has 0 aliphatic heterocycles. The van der Waals surface area contributed by atoms with Crippen molar-refractivity contribution < 1.29 is 5.11 Å². The standard InChI is InChI=1S/C18H34N2O/c21-14-16(19-15-11-12-15)13-20(17-7-3-1-4-8-17)18-9-5-2-6-10-18/h15-19,21H,1-14H2. The van der Waals surface area contributed by atoms with Crippen LogP contribution in [0.25, 0.3) is 0 Å². The Kier molecular flexibility index (Phi) is 5.96. The molecular formula is C18H34N2O. The van der Waals surface area contributed by atoms with Crippen LogP contribution in [0.15, 0.2) is 0 Å². The molecule has 122 valence electrons. The minimum atomic E-state index is 0.293. The van der Waals surface area contributed by atoms with E-state index in [2.05, 4.69) is 10.2 Å². The molecule has 0 aromatic heterocycles. The molecule has 0 aromatic carbocycles. The van der Waals surface area contributed by atoms with Crippen molar-refractivity contribution in [3.05, 3.63) is 0 Å². The maximum atomic E-state index is 9.76. The molecule has 2 N–H and O–H groups in total. The van der Waals surface area contributed by atoms with Crippen molar-refractivity contribution in [1.82, 2.24) is 10.2 Å². The van der Waals surface area contributed by atoms with E-state index in [9.17, 15) is 5.11 Å². The van der Waals surface area contributed by atoms with Gasteiger partial charge in [0, 0.05) is 30.7 Å². The van der Waals surface area contributed by atoms with Crippen molar-refractivity contribution >= 4 is 0 Å². The number of aliphatic hydroxyl groups excluding tert-OH is 1. The lowest BCUT2D eigenvalue weighted by Crippen LogP contribution is -2.52. The van der Waals surface area contributed by atoms with Crippen molar-refractivity contribution in [3.8, 4) is 0 Å². The number of hydrogen-bond donors (Lipinski definition) is 2. The van der Waals surface area contributed by atoms with Gasteiger partial charge in [0.1, 0.15) is 0 Å². The van der Waals surface area contributed by atoms with Gasteiger partial charge in [-0.1, -0.05) is 38.5 Å². The molecule has 3 fully saturated rings. The second-order valence-corrected chi connectivity index (χ2v) is 7.60. The van der Waals surface area contributed by atoms with Crippen LogP contribution < -0.4 is 5.32 Å². The van der Waals surface area contributed by atoms with Crippen LogP contribution in [0.2, 0.25) is 0 Å². The third-order valence-electron chi connectivity index (χ3n) is 5.79. The average molecular weight is 294 g/mol.